The topological polar surface area (TPSA) is 85.1 Å². The van der Waals surface area contributed by atoms with E-state index in [1.54, 1.807) is 18.5 Å². The van der Waals surface area contributed by atoms with Crippen LogP contribution in [0.3, 0.4) is 0 Å². The number of nitrogens with zero attached hydrogens (tertiary/aromatic N) is 1. The highest BCUT2D eigenvalue weighted by Gasteiger charge is 2.16. The minimum Gasteiger partial charge on any atom is -0.326 e. The molecule has 2 aromatic rings. The van der Waals surface area contributed by atoms with Crippen LogP contribution in [0.5, 0.6) is 0 Å². The van der Waals surface area contributed by atoms with Gasteiger partial charge >= 0.3 is 0 Å². The van der Waals surface area contributed by atoms with Crippen molar-refractivity contribution in [3.05, 3.63) is 59.2 Å². The number of aromatic nitrogens is 1. The summed E-state index contributed by atoms with van der Waals surface area (Å²) >= 11 is 0. The molecular formula is C14H16FN3O2S. The van der Waals surface area contributed by atoms with Crippen molar-refractivity contribution in [3.8, 4) is 0 Å². The molecule has 0 radical (unpaired) electrons. The van der Waals surface area contributed by atoms with Gasteiger partial charge in [0.15, 0.2) is 0 Å². The van der Waals surface area contributed by atoms with Gasteiger partial charge in [-0.25, -0.2) is 17.5 Å². The van der Waals surface area contributed by atoms with Gasteiger partial charge in [-0.2, -0.15) is 0 Å². The maximum Gasteiger partial charge on any atom is 0.240 e. The summed E-state index contributed by atoms with van der Waals surface area (Å²) in [6.07, 6.45) is 3.24. The number of rotatable bonds is 5. The summed E-state index contributed by atoms with van der Waals surface area (Å²) in [7, 11) is -3.72. The minimum atomic E-state index is -3.72. The molecule has 0 fully saturated rings. The van der Waals surface area contributed by atoms with Crippen molar-refractivity contribution in [3.63, 3.8) is 0 Å². The minimum absolute atomic E-state index is 0.00843. The molecule has 2 rings (SSSR count). The van der Waals surface area contributed by atoms with Crippen molar-refractivity contribution >= 4 is 10.0 Å². The van der Waals surface area contributed by atoms with Gasteiger partial charge < -0.3 is 5.73 Å². The van der Waals surface area contributed by atoms with E-state index in [9.17, 15) is 12.8 Å². The number of hydrogen-bond donors (Lipinski definition) is 2. The summed E-state index contributed by atoms with van der Waals surface area (Å²) in [5.41, 5.74) is 7.27. The Morgan fingerprint density at radius 3 is 2.71 bits per heavy atom. The molecule has 5 nitrogen and oxygen atoms in total. The summed E-state index contributed by atoms with van der Waals surface area (Å²) in [5, 5.41) is 0. The first-order chi connectivity index (χ1) is 9.94. The van der Waals surface area contributed by atoms with Gasteiger partial charge in [0.05, 0.1) is 4.90 Å². The molecule has 7 heteroatoms. The molecule has 1 aromatic carbocycles. The highest BCUT2D eigenvalue weighted by molar-refractivity contribution is 7.89. The van der Waals surface area contributed by atoms with Gasteiger partial charge in [0, 0.05) is 31.0 Å². The summed E-state index contributed by atoms with van der Waals surface area (Å²) < 4.78 is 40.2. The molecule has 0 bridgehead atoms. The standard InChI is InChI=1S/C14H16FN3O2S/c1-10-4-5-17-8-12(10)9-18-21(19,20)13-2-3-14(15)11(6-13)7-16/h2-6,8,18H,7,9,16H2,1H3. The molecule has 0 amide bonds. The van der Waals surface area contributed by atoms with E-state index in [1.165, 1.54) is 12.1 Å². The number of sulfonamides is 1. The third-order valence-electron chi connectivity index (χ3n) is 3.15. The van der Waals surface area contributed by atoms with Crippen molar-refractivity contribution in [1.29, 1.82) is 0 Å². The molecule has 0 unspecified atom stereocenters. The number of pyridine rings is 1. The number of nitrogens with one attached hydrogen (secondary N) is 1. The Bertz CT molecular complexity index is 748. The Morgan fingerprint density at radius 1 is 1.29 bits per heavy atom. The number of nitrogens with two attached hydrogens (primary N) is 1. The van der Waals surface area contributed by atoms with Crippen LogP contribution >= 0.6 is 0 Å². The quantitative estimate of drug-likeness (QED) is 0.876. The van der Waals surface area contributed by atoms with E-state index in [1.807, 2.05) is 6.92 Å². The van der Waals surface area contributed by atoms with Crippen LogP contribution in [0.2, 0.25) is 0 Å². The molecule has 21 heavy (non-hydrogen) atoms. The summed E-state index contributed by atoms with van der Waals surface area (Å²) in [6, 6.07) is 5.36. The number of benzene rings is 1. The second-order valence-electron chi connectivity index (χ2n) is 4.58. The van der Waals surface area contributed by atoms with Crippen LogP contribution in [0.15, 0.2) is 41.6 Å². The van der Waals surface area contributed by atoms with E-state index >= 15 is 0 Å². The van der Waals surface area contributed by atoms with E-state index in [2.05, 4.69) is 9.71 Å². The zero-order valence-electron chi connectivity index (χ0n) is 11.5. The first-order valence-corrected chi connectivity index (χ1v) is 7.80. The molecule has 0 saturated heterocycles. The van der Waals surface area contributed by atoms with E-state index in [0.29, 0.717) is 0 Å². The van der Waals surface area contributed by atoms with Crippen LogP contribution in [0, 0.1) is 12.7 Å². The molecule has 0 saturated carbocycles. The smallest absolute Gasteiger partial charge is 0.240 e. The molecule has 0 spiro atoms. The third-order valence-corrected chi connectivity index (χ3v) is 4.55. The monoisotopic (exact) mass is 309 g/mol. The van der Waals surface area contributed by atoms with Gasteiger partial charge in [0.25, 0.3) is 0 Å². The zero-order valence-corrected chi connectivity index (χ0v) is 12.3. The predicted octanol–water partition coefficient (Wildman–Crippen LogP) is 1.47. The van der Waals surface area contributed by atoms with Gasteiger partial charge in [-0.05, 0) is 42.3 Å². The van der Waals surface area contributed by atoms with E-state index < -0.39 is 15.8 Å². The Morgan fingerprint density at radius 2 is 2.05 bits per heavy atom. The molecule has 0 aliphatic heterocycles. The SMILES string of the molecule is Cc1ccncc1CNS(=O)(=O)c1ccc(F)c(CN)c1. The predicted molar refractivity (Wildman–Crippen MR) is 77.3 cm³/mol. The molecule has 112 valence electrons. The molecule has 0 atom stereocenters. The maximum absolute atomic E-state index is 13.4. The van der Waals surface area contributed by atoms with Crippen molar-refractivity contribution in [2.45, 2.75) is 24.9 Å². The molecule has 0 aliphatic rings. The van der Waals surface area contributed by atoms with Crippen LogP contribution in [0.1, 0.15) is 16.7 Å². The highest BCUT2D eigenvalue weighted by atomic mass is 32.2. The summed E-state index contributed by atoms with van der Waals surface area (Å²) in [4.78, 5) is 3.95. The molecule has 1 aromatic heterocycles. The van der Waals surface area contributed by atoms with Gasteiger partial charge in [0.2, 0.25) is 10.0 Å². The molecule has 3 N–H and O–H groups in total. The first kappa shape index (κ1) is 15.6. The Kier molecular flexibility index (Phi) is 4.66. The lowest BCUT2D eigenvalue weighted by Gasteiger charge is -2.09. The third kappa shape index (κ3) is 3.63. The van der Waals surface area contributed by atoms with Gasteiger partial charge in [0.1, 0.15) is 5.82 Å². The number of hydrogen-bond acceptors (Lipinski definition) is 4. The Labute approximate surface area is 123 Å². The van der Waals surface area contributed by atoms with E-state index in [-0.39, 0.29) is 23.5 Å². The summed E-state index contributed by atoms with van der Waals surface area (Å²) in [6.45, 7) is 1.93. The Balaban J connectivity index is 2.21. The Hall–Kier alpha value is -1.83. The highest BCUT2D eigenvalue weighted by Crippen LogP contribution is 2.15. The fourth-order valence-corrected chi connectivity index (χ4v) is 2.87. The number of aryl methyl sites for hydroxylation is 1. The lowest BCUT2D eigenvalue weighted by Crippen LogP contribution is -2.24. The average Bonchev–Trinajstić information content (AvgIpc) is 2.46. The largest absolute Gasteiger partial charge is 0.326 e. The van der Waals surface area contributed by atoms with E-state index in [0.717, 1.165) is 17.2 Å². The van der Waals surface area contributed by atoms with Crippen LogP contribution in [0.4, 0.5) is 4.39 Å². The average molecular weight is 309 g/mol. The second-order valence-corrected chi connectivity index (χ2v) is 6.35. The van der Waals surface area contributed by atoms with Crippen LogP contribution in [-0.2, 0) is 23.1 Å². The number of halogens is 1. The lowest BCUT2D eigenvalue weighted by molar-refractivity contribution is 0.579. The van der Waals surface area contributed by atoms with Crippen molar-refractivity contribution < 1.29 is 12.8 Å². The van der Waals surface area contributed by atoms with Crippen LogP contribution in [0.25, 0.3) is 0 Å². The molecule has 1 heterocycles. The molecular weight excluding hydrogens is 293 g/mol. The van der Waals surface area contributed by atoms with E-state index in [4.69, 9.17) is 5.73 Å². The fraction of sp³-hybridized carbons (Fsp3) is 0.214. The van der Waals surface area contributed by atoms with Gasteiger partial charge in [-0.3, -0.25) is 4.98 Å². The lowest BCUT2D eigenvalue weighted by atomic mass is 10.2. The van der Waals surface area contributed by atoms with Crippen molar-refractivity contribution in [2.75, 3.05) is 0 Å². The maximum atomic E-state index is 13.4. The zero-order chi connectivity index (χ0) is 15.5. The fourth-order valence-electron chi connectivity index (χ4n) is 1.81. The summed E-state index contributed by atoms with van der Waals surface area (Å²) in [5.74, 6) is -0.514. The second kappa shape index (κ2) is 6.30. The normalized spacial score (nSPS) is 11.6. The van der Waals surface area contributed by atoms with Crippen LogP contribution in [-0.4, -0.2) is 13.4 Å². The van der Waals surface area contributed by atoms with Crippen molar-refractivity contribution in [1.82, 2.24) is 9.71 Å². The molecule has 0 aliphatic carbocycles. The van der Waals surface area contributed by atoms with Crippen molar-refractivity contribution in [2.24, 2.45) is 5.73 Å². The first-order valence-electron chi connectivity index (χ1n) is 6.31. The van der Waals surface area contributed by atoms with Gasteiger partial charge in [-0.15, -0.1) is 0 Å². The van der Waals surface area contributed by atoms with Gasteiger partial charge in [-0.1, -0.05) is 0 Å². The van der Waals surface area contributed by atoms with Crippen LogP contribution < -0.4 is 10.5 Å².